The number of hydrogen-bond donors (Lipinski definition) is 0. The summed E-state index contributed by atoms with van der Waals surface area (Å²) in [6, 6.07) is 11.9. The normalized spacial score (nSPS) is 11.9. The number of halogens is 2. The largest absolute Gasteiger partial charge is 0.269 e. The van der Waals surface area contributed by atoms with Crippen LogP contribution in [0.1, 0.15) is 0 Å². The lowest BCUT2D eigenvalue weighted by Crippen LogP contribution is -2.14. The van der Waals surface area contributed by atoms with Crippen molar-refractivity contribution in [1.82, 2.24) is 8.96 Å². The van der Waals surface area contributed by atoms with Crippen molar-refractivity contribution >= 4 is 59.6 Å². The van der Waals surface area contributed by atoms with E-state index < -0.39 is 10.0 Å². The van der Waals surface area contributed by atoms with Gasteiger partial charge in [0.2, 0.25) is 0 Å². The maximum absolute atomic E-state index is 12.8. The average Bonchev–Trinajstić information content (AvgIpc) is 2.75. The van der Waals surface area contributed by atoms with E-state index in [0.717, 1.165) is 4.47 Å². The van der Waals surface area contributed by atoms with Gasteiger partial charge in [0.15, 0.2) is 0 Å². The van der Waals surface area contributed by atoms with Crippen LogP contribution in [-0.4, -0.2) is 17.4 Å². The number of pyridine rings is 1. The summed E-state index contributed by atoms with van der Waals surface area (Å²) in [6.07, 6.45) is 1.65. The zero-order valence-corrected chi connectivity index (χ0v) is 14.6. The maximum atomic E-state index is 12.8. The van der Waals surface area contributed by atoms with E-state index in [0.29, 0.717) is 14.7 Å². The van der Waals surface area contributed by atoms with Gasteiger partial charge in [-0.1, -0.05) is 18.2 Å². The van der Waals surface area contributed by atoms with Crippen molar-refractivity contribution in [2.45, 2.75) is 4.90 Å². The number of rotatable bonds is 2. The van der Waals surface area contributed by atoms with E-state index in [1.807, 2.05) is 22.6 Å². The second kappa shape index (κ2) is 5.12. The minimum Gasteiger partial charge on any atom is -0.253 e. The molecule has 0 saturated carbocycles. The fourth-order valence-electron chi connectivity index (χ4n) is 1.94. The summed E-state index contributed by atoms with van der Waals surface area (Å²) in [6.45, 7) is 0. The molecule has 0 bridgehead atoms. The molecule has 0 spiro atoms. The molecule has 0 N–H and O–H groups in total. The highest BCUT2D eigenvalue weighted by molar-refractivity contribution is 14.1. The average molecular weight is 463 g/mol. The molecule has 0 aliphatic heterocycles. The van der Waals surface area contributed by atoms with Crippen LogP contribution in [0.25, 0.3) is 11.0 Å². The van der Waals surface area contributed by atoms with Crippen LogP contribution >= 0.6 is 38.5 Å². The molecule has 0 fully saturated rings. The van der Waals surface area contributed by atoms with Gasteiger partial charge in [0.25, 0.3) is 10.0 Å². The van der Waals surface area contributed by atoms with Crippen molar-refractivity contribution in [3.8, 4) is 0 Å². The van der Waals surface area contributed by atoms with Crippen molar-refractivity contribution < 1.29 is 8.42 Å². The minimum atomic E-state index is -3.62. The van der Waals surface area contributed by atoms with Gasteiger partial charge < -0.3 is 0 Å². The fourth-order valence-corrected chi connectivity index (χ4v) is 4.99. The Balaban J connectivity index is 2.35. The Kier molecular flexibility index (Phi) is 3.59. The first-order valence-corrected chi connectivity index (χ1v) is 8.94. The summed E-state index contributed by atoms with van der Waals surface area (Å²) in [7, 11) is -3.62. The molecular formula is C13H8BrIN2O2S. The summed E-state index contributed by atoms with van der Waals surface area (Å²) >= 11 is 5.33. The van der Waals surface area contributed by atoms with Gasteiger partial charge >= 0.3 is 0 Å². The maximum Gasteiger partial charge on any atom is 0.269 e. The Hall–Kier alpha value is -0.930. The zero-order valence-electron chi connectivity index (χ0n) is 9.99. The number of nitrogens with zero attached hydrogens (tertiary/aromatic N) is 2. The van der Waals surface area contributed by atoms with Crippen LogP contribution in [0.3, 0.4) is 0 Å². The molecular weight excluding hydrogens is 455 g/mol. The van der Waals surface area contributed by atoms with Crippen LogP contribution in [0.4, 0.5) is 0 Å². The van der Waals surface area contributed by atoms with Crippen molar-refractivity contribution in [2.75, 3.05) is 0 Å². The van der Waals surface area contributed by atoms with Crippen LogP contribution in [0, 0.1) is 3.70 Å². The number of hydrogen-bond acceptors (Lipinski definition) is 3. The van der Waals surface area contributed by atoms with E-state index in [1.165, 1.54) is 3.97 Å². The minimum absolute atomic E-state index is 0.260. The summed E-state index contributed by atoms with van der Waals surface area (Å²) in [5.74, 6) is 0. The number of fused-ring (bicyclic) bond motifs is 1. The highest BCUT2D eigenvalue weighted by Gasteiger charge is 2.22. The fraction of sp³-hybridized carbons (Fsp3) is 0. The lowest BCUT2D eigenvalue weighted by molar-refractivity contribution is 0.588. The van der Waals surface area contributed by atoms with E-state index in [1.54, 1.807) is 48.7 Å². The standard InChI is InChI=1S/C13H8BrIN2O2S/c14-9-6-12-11(16-8-9)7-13(15)17(12)20(18,19)10-4-2-1-3-5-10/h1-8H. The van der Waals surface area contributed by atoms with Gasteiger partial charge in [0.05, 0.1) is 19.6 Å². The van der Waals surface area contributed by atoms with E-state index in [9.17, 15) is 8.42 Å². The third-order valence-corrected chi connectivity index (χ3v) is 6.11. The lowest BCUT2D eigenvalue weighted by atomic mass is 10.4. The molecule has 4 nitrogen and oxygen atoms in total. The molecule has 2 heterocycles. The molecule has 2 aromatic heterocycles. The molecule has 0 saturated heterocycles. The zero-order chi connectivity index (χ0) is 14.3. The molecule has 0 amide bonds. The van der Waals surface area contributed by atoms with Crippen molar-refractivity contribution in [1.29, 1.82) is 0 Å². The summed E-state index contributed by atoms with van der Waals surface area (Å²) in [5.41, 5.74) is 1.21. The van der Waals surface area contributed by atoms with E-state index >= 15 is 0 Å². The third-order valence-electron chi connectivity index (χ3n) is 2.81. The molecule has 1 aromatic carbocycles. The van der Waals surface area contributed by atoms with Crippen LogP contribution < -0.4 is 0 Å². The molecule has 0 aliphatic rings. The summed E-state index contributed by atoms with van der Waals surface area (Å²) < 4.78 is 28.2. The predicted octanol–water partition coefficient (Wildman–Crippen LogP) is 3.64. The van der Waals surface area contributed by atoms with Gasteiger partial charge in [0.1, 0.15) is 0 Å². The smallest absolute Gasteiger partial charge is 0.253 e. The molecule has 0 radical (unpaired) electrons. The van der Waals surface area contributed by atoms with Crippen LogP contribution in [0.2, 0.25) is 0 Å². The van der Waals surface area contributed by atoms with E-state index in [2.05, 4.69) is 20.9 Å². The van der Waals surface area contributed by atoms with Crippen molar-refractivity contribution in [3.63, 3.8) is 0 Å². The van der Waals surface area contributed by atoms with Crippen molar-refractivity contribution in [3.05, 3.63) is 56.8 Å². The van der Waals surface area contributed by atoms with Crippen LogP contribution in [0.15, 0.2) is 58.0 Å². The van der Waals surface area contributed by atoms with Gasteiger partial charge in [-0.2, -0.15) is 0 Å². The van der Waals surface area contributed by atoms with Gasteiger partial charge in [-0.05, 0) is 62.8 Å². The molecule has 0 aliphatic carbocycles. The Morgan fingerprint density at radius 3 is 2.55 bits per heavy atom. The second-order valence-electron chi connectivity index (χ2n) is 4.11. The highest BCUT2D eigenvalue weighted by Crippen LogP contribution is 2.27. The molecule has 7 heteroatoms. The summed E-state index contributed by atoms with van der Waals surface area (Å²) in [5, 5.41) is 0. The Bertz CT molecular complexity index is 891. The Labute approximate surface area is 138 Å². The molecule has 3 rings (SSSR count). The first-order valence-electron chi connectivity index (χ1n) is 5.63. The molecule has 20 heavy (non-hydrogen) atoms. The SMILES string of the molecule is O=S(=O)(c1ccccc1)n1c(I)cc2ncc(Br)cc21. The number of aromatic nitrogens is 2. The quantitative estimate of drug-likeness (QED) is 0.546. The Morgan fingerprint density at radius 1 is 1.15 bits per heavy atom. The molecule has 102 valence electrons. The number of benzene rings is 1. The second-order valence-corrected chi connectivity index (χ2v) is 7.92. The van der Waals surface area contributed by atoms with Gasteiger partial charge in [-0.15, -0.1) is 0 Å². The van der Waals surface area contributed by atoms with E-state index in [-0.39, 0.29) is 4.90 Å². The van der Waals surface area contributed by atoms with Crippen molar-refractivity contribution in [2.24, 2.45) is 0 Å². The van der Waals surface area contributed by atoms with E-state index in [4.69, 9.17) is 0 Å². The Morgan fingerprint density at radius 2 is 1.85 bits per heavy atom. The monoisotopic (exact) mass is 462 g/mol. The lowest BCUT2D eigenvalue weighted by Gasteiger charge is -2.09. The third kappa shape index (κ3) is 2.27. The molecule has 0 unspecified atom stereocenters. The predicted molar refractivity (Wildman–Crippen MR) is 89.2 cm³/mol. The molecule has 3 aromatic rings. The van der Waals surface area contributed by atoms with Crippen LogP contribution in [-0.2, 0) is 10.0 Å². The topological polar surface area (TPSA) is 52.0 Å². The first-order chi connectivity index (χ1) is 9.50. The van der Waals surface area contributed by atoms with Gasteiger partial charge in [0, 0.05) is 10.7 Å². The van der Waals surface area contributed by atoms with Gasteiger partial charge in [-0.3, -0.25) is 4.98 Å². The van der Waals surface area contributed by atoms with Crippen LogP contribution in [0.5, 0.6) is 0 Å². The first kappa shape index (κ1) is 14.0. The summed E-state index contributed by atoms with van der Waals surface area (Å²) in [4.78, 5) is 4.49. The highest BCUT2D eigenvalue weighted by atomic mass is 127. The van der Waals surface area contributed by atoms with Gasteiger partial charge in [-0.25, -0.2) is 12.4 Å². The molecule has 0 atom stereocenters.